The second kappa shape index (κ2) is 12.5. The molecular formula is C29H27ClFN5O6S. The molecule has 224 valence electrons. The van der Waals surface area contributed by atoms with Gasteiger partial charge in [0.2, 0.25) is 0 Å². The Morgan fingerprint density at radius 2 is 1.84 bits per heavy atom. The smallest absolute Gasteiger partial charge is 0.412 e. The molecule has 5 rings (SSSR count). The van der Waals surface area contributed by atoms with Gasteiger partial charge in [-0.05, 0) is 39.0 Å². The van der Waals surface area contributed by atoms with Gasteiger partial charge in [0.15, 0.2) is 11.6 Å². The number of anilines is 1. The molecule has 0 fully saturated rings. The van der Waals surface area contributed by atoms with Crippen molar-refractivity contribution in [3.8, 4) is 28.1 Å². The Morgan fingerprint density at radius 1 is 1.09 bits per heavy atom. The van der Waals surface area contributed by atoms with Gasteiger partial charge in [0.25, 0.3) is 0 Å². The molecule has 11 nitrogen and oxygen atoms in total. The number of carbonyl (C=O) groups is 1. The molecule has 0 saturated carbocycles. The molecule has 3 atom stereocenters. The summed E-state index contributed by atoms with van der Waals surface area (Å²) < 4.78 is 32.3. The average Bonchev–Trinajstić information content (AvgIpc) is 3.38. The van der Waals surface area contributed by atoms with E-state index in [0.29, 0.717) is 37.1 Å². The summed E-state index contributed by atoms with van der Waals surface area (Å²) in [7, 11) is 1.56. The zero-order chi connectivity index (χ0) is 30.8. The zero-order valence-electron chi connectivity index (χ0n) is 23.5. The van der Waals surface area contributed by atoms with Crippen LogP contribution < -0.4 is 19.1 Å². The maximum atomic E-state index is 15.2. The molecule has 0 bridgehead atoms. The van der Waals surface area contributed by atoms with Gasteiger partial charge in [-0.2, -0.15) is 0 Å². The number of fused-ring (bicyclic) bond motifs is 2. The fourth-order valence-corrected chi connectivity index (χ4v) is 5.55. The summed E-state index contributed by atoms with van der Waals surface area (Å²) in [5.74, 6) is -0.110. The minimum absolute atomic E-state index is 0.00693. The van der Waals surface area contributed by atoms with E-state index in [1.165, 1.54) is 29.8 Å². The van der Waals surface area contributed by atoms with E-state index in [1.54, 1.807) is 52.3 Å². The fraction of sp³-hybridized carbons (Fsp3) is 0.276. The number of benzene rings is 2. The first kappa shape index (κ1) is 30.1. The van der Waals surface area contributed by atoms with Gasteiger partial charge in [0.05, 0.1) is 59.3 Å². The van der Waals surface area contributed by atoms with Crippen molar-refractivity contribution in [2.75, 3.05) is 18.6 Å². The van der Waals surface area contributed by atoms with Crippen LogP contribution in [0.15, 0.2) is 48.9 Å². The number of aromatic nitrogens is 4. The van der Waals surface area contributed by atoms with Crippen LogP contribution in [0.5, 0.6) is 17.5 Å². The first-order chi connectivity index (χ1) is 20.5. The molecule has 0 radical (unpaired) electrons. The molecule has 3 heterocycles. The van der Waals surface area contributed by atoms with E-state index in [-0.39, 0.29) is 24.1 Å². The lowest BCUT2D eigenvalue weighted by atomic mass is 10.1. The summed E-state index contributed by atoms with van der Waals surface area (Å²) in [5.41, 5.74) is 1.96. The molecule has 5 aromatic rings. The number of methoxy groups -OCH3 is 1. The first-order valence-corrected chi connectivity index (χ1v) is 14.3. The van der Waals surface area contributed by atoms with Crippen molar-refractivity contribution in [2.24, 2.45) is 0 Å². The third-order valence-electron chi connectivity index (χ3n) is 6.58. The maximum Gasteiger partial charge on any atom is 0.412 e. The number of halogens is 2. The number of aliphatic hydroxyl groups is 1. The van der Waals surface area contributed by atoms with E-state index in [1.807, 2.05) is 6.07 Å². The van der Waals surface area contributed by atoms with Crippen LogP contribution in [0.1, 0.15) is 20.8 Å². The van der Waals surface area contributed by atoms with Crippen LogP contribution in [0.2, 0.25) is 5.02 Å². The molecule has 43 heavy (non-hydrogen) atoms. The summed E-state index contributed by atoms with van der Waals surface area (Å²) >= 11 is 7.71. The highest BCUT2D eigenvalue weighted by Crippen LogP contribution is 2.38. The second-order valence-electron chi connectivity index (χ2n) is 9.77. The summed E-state index contributed by atoms with van der Waals surface area (Å²) in [4.78, 5) is 30.4. The van der Waals surface area contributed by atoms with Crippen LogP contribution in [0.3, 0.4) is 0 Å². The number of aliphatic hydroxyl groups excluding tert-OH is 1. The van der Waals surface area contributed by atoms with E-state index in [4.69, 9.17) is 25.8 Å². The van der Waals surface area contributed by atoms with E-state index in [2.05, 4.69) is 19.9 Å². The number of nitrogens with zero attached hydrogens (tertiary/aromatic N) is 5. The van der Waals surface area contributed by atoms with Crippen LogP contribution in [-0.4, -0.2) is 68.2 Å². The van der Waals surface area contributed by atoms with Gasteiger partial charge in [0, 0.05) is 28.1 Å². The molecule has 3 aromatic heterocycles. The van der Waals surface area contributed by atoms with Gasteiger partial charge in [-0.1, -0.05) is 11.6 Å². The third kappa shape index (κ3) is 6.53. The van der Waals surface area contributed by atoms with Gasteiger partial charge in [-0.15, -0.1) is 11.3 Å². The lowest BCUT2D eigenvalue weighted by molar-refractivity contribution is 0.116. The van der Waals surface area contributed by atoms with Gasteiger partial charge in [-0.25, -0.2) is 24.1 Å². The van der Waals surface area contributed by atoms with Crippen LogP contribution in [0.25, 0.3) is 31.7 Å². The summed E-state index contributed by atoms with van der Waals surface area (Å²) in [6.45, 7) is 4.81. The van der Waals surface area contributed by atoms with Gasteiger partial charge < -0.3 is 24.4 Å². The second-order valence-corrected chi connectivity index (χ2v) is 11.2. The fourth-order valence-electron chi connectivity index (χ4n) is 4.33. The molecule has 0 unspecified atom stereocenters. The molecule has 1 amide bonds. The number of amides is 1. The minimum Gasteiger partial charge on any atom is -0.495 e. The van der Waals surface area contributed by atoms with Crippen LogP contribution in [0, 0.1) is 5.82 Å². The number of pyridine rings is 1. The van der Waals surface area contributed by atoms with Crippen LogP contribution in [0.4, 0.5) is 14.9 Å². The standard InChI is InChI=1S/C29H27ClFN5O6S/c1-14(37)13-41-28-33-10-19(11-34-28)36(29(38)39)15(2)16(3)42-24-9-25-23(8-22(24)31)35-27(43-25)21-7-18(30)5-17-6-20(40-4)12-32-26(17)21/h5-12,14-16,37H,13H2,1-4H3,(H,38,39)/t14-,15-,16+/m1/s1. The lowest BCUT2D eigenvalue weighted by Gasteiger charge is -2.30. The first-order valence-electron chi connectivity index (χ1n) is 13.1. The van der Waals surface area contributed by atoms with E-state index in [9.17, 15) is 15.0 Å². The molecule has 0 saturated heterocycles. The molecule has 0 spiro atoms. The Morgan fingerprint density at radius 3 is 2.51 bits per heavy atom. The summed E-state index contributed by atoms with van der Waals surface area (Å²) in [5, 5.41) is 21.2. The van der Waals surface area contributed by atoms with Crippen LogP contribution in [-0.2, 0) is 0 Å². The Hall–Kier alpha value is -4.33. The third-order valence-corrected chi connectivity index (χ3v) is 7.85. The number of ether oxygens (including phenoxy) is 3. The van der Waals surface area contributed by atoms with E-state index in [0.717, 1.165) is 10.3 Å². The average molecular weight is 628 g/mol. The highest BCUT2D eigenvalue weighted by Gasteiger charge is 2.29. The Balaban J connectivity index is 1.39. The predicted octanol–water partition coefficient (Wildman–Crippen LogP) is 6.20. The maximum absolute atomic E-state index is 15.2. The summed E-state index contributed by atoms with van der Waals surface area (Å²) in [6.07, 6.45) is 1.42. The topological polar surface area (TPSA) is 140 Å². The monoisotopic (exact) mass is 627 g/mol. The lowest BCUT2D eigenvalue weighted by Crippen LogP contribution is -2.46. The largest absolute Gasteiger partial charge is 0.495 e. The summed E-state index contributed by atoms with van der Waals surface area (Å²) in [6, 6.07) is 7.41. The highest BCUT2D eigenvalue weighted by atomic mass is 35.5. The normalized spacial score (nSPS) is 13.5. The van der Waals surface area contributed by atoms with Crippen molar-refractivity contribution in [1.82, 2.24) is 19.9 Å². The molecule has 0 aliphatic heterocycles. The molecule has 2 N–H and O–H groups in total. The van der Waals surface area contributed by atoms with Crippen LogP contribution >= 0.6 is 22.9 Å². The Labute approximate surface area is 254 Å². The number of hydrogen-bond acceptors (Lipinski definition) is 10. The predicted molar refractivity (Wildman–Crippen MR) is 161 cm³/mol. The van der Waals surface area contributed by atoms with Gasteiger partial charge in [-0.3, -0.25) is 9.88 Å². The molecule has 2 aromatic carbocycles. The Bertz CT molecular complexity index is 1790. The van der Waals surface area contributed by atoms with Gasteiger partial charge >= 0.3 is 12.1 Å². The molecule has 14 heteroatoms. The van der Waals surface area contributed by atoms with Crippen molar-refractivity contribution >= 4 is 55.8 Å². The van der Waals surface area contributed by atoms with E-state index < -0.39 is 30.2 Å². The highest BCUT2D eigenvalue weighted by molar-refractivity contribution is 7.21. The quantitative estimate of drug-likeness (QED) is 0.184. The number of carboxylic acid groups (broad SMARTS) is 1. The van der Waals surface area contributed by atoms with Crippen molar-refractivity contribution < 1.29 is 33.6 Å². The van der Waals surface area contributed by atoms with Crippen molar-refractivity contribution in [3.63, 3.8) is 0 Å². The molecule has 0 aliphatic carbocycles. The number of thiazole rings is 1. The van der Waals surface area contributed by atoms with E-state index >= 15 is 4.39 Å². The van der Waals surface area contributed by atoms with Crippen molar-refractivity contribution in [3.05, 3.63) is 59.8 Å². The molecular weight excluding hydrogens is 601 g/mol. The van der Waals surface area contributed by atoms with Crippen molar-refractivity contribution in [2.45, 2.75) is 39.0 Å². The Kier molecular flexibility index (Phi) is 8.76. The SMILES string of the molecule is COc1cnc2c(-c3nc4cc(F)c(O[C@@H](C)[C@@H](C)N(C(=O)O)c5cnc(OC[C@@H](C)O)nc5)cc4s3)cc(Cl)cc2c1. The van der Waals surface area contributed by atoms with Crippen molar-refractivity contribution in [1.29, 1.82) is 0 Å². The van der Waals surface area contributed by atoms with Gasteiger partial charge in [0.1, 0.15) is 23.5 Å². The zero-order valence-corrected chi connectivity index (χ0v) is 25.1. The number of hydrogen-bond donors (Lipinski definition) is 2. The molecule has 0 aliphatic rings. The number of rotatable bonds is 10. The minimum atomic E-state index is -1.27.